The summed E-state index contributed by atoms with van der Waals surface area (Å²) in [6.07, 6.45) is 0.677. The molecule has 1 unspecified atom stereocenters. The molecule has 28 heavy (non-hydrogen) atoms. The first-order valence-corrected chi connectivity index (χ1v) is 9.00. The van der Waals surface area contributed by atoms with Gasteiger partial charge in [0.25, 0.3) is 0 Å². The van der Waals surface area contributed by atoms with Gasteiger partial charge < -0.3 is 29.6 Å². The summed E-state index contributed by atoms with van der Waals surface area (Å²) in [4.78, 5) is 12.3. The van der Waals surface area contributed by atoms with E-state index >= 15 is 0 Å². The number of ether oxygens (including phenoxy) is 4. The van der Waals surface area contributed by atoms with Crippen molar-refractivity contribution in [1.82, 2.24) is 10.6 Å². The lowest BCUT2D eigenvalue weighted by Gasteiger charge is -2.19. The van der Waals surface area contributed by atoms with Gasteiger partial charge in [-0.2, -0.15) is 0 Å². The van der Waals surface area contributed by atoms with Gasteiger partial charge in [0, 0.05) is 6.54 Å². The first-order chi connectivity index (χ1) is 13.5. The largest absolute Gasteiger partial charge is 0.496 e. The summed E-state index contributed by atoms with van der Waals surface area (Å²) in [6.45, 7) is 2.38. The maximum absolute atomic E-state index is 12.3. The van der Waals surface area contributed by atoms with E-state index in [1.54, 1.807) is 28.4 Å². The van der Waals surface area contributed by atoms with Gasteiger partial charge in [0.05, 0.1) is 34.5 Å². The summed E-state index contributed by atoms with van der Waals surface area (Å²) in [5.74, 6) is 2.42. The predicted molar refractivity (Wildman–Crippen MR) is 108 cm³/mol. The number of benzene rings is 2. The summed E-state index contributed by atoms with van der Waals surface area (Å²) in [5.41, 5.74) is 1.89. The van der Waals surface area contributed by atoms with Crippen LogP contribution in [0.1, 0.15) is 24.1 Å². The highest BCUT2D eigenvalue weighted by Gasteiger charge is 2.17. The monoisotopic (exact) mass is 388 g/mol. The molecule has 2 aromatic rings. The topological polar surface area (TPSA) is 78.1 Å². The molecule has 2 rings (SSSR count). The van der Waals surface area contributed by atoms with Gasteiger partial charge in [-0.1, -0.05) is 18.2 Å². The van der Waals surface area contributed by atoms with Crippen LogP contribution in [0.3, 0.4) is 0 Å². The zero-order valence-corrected chi connectivity index (χ0v) is 17.0. The van der Waals surface area contributed by atoms with E-state index in [0.29, 0.717) is 30.2 Å². The first-order valence-electron chi connectivity index (χ1n) is 9.00. The molecule has 0 aliphatic carbocycles. The molecular weight excluding hydrogens is 360 g/mol. The van der Waals surface area contributed by atoms with E-state index in [-0.39, 0.29) is 12.1 Å². The fraction of sp³-hybridized carbons (Fsp3) is 0.381. The molecule has 2 N–H and O–H groups in total. The van der Waals surface area contributed by atoms with Crippen LogP contribution in [0, 0.1) is 0 Å². The maximum atomic E-state index is 12.3. The summed E-state index contributed by atoms with van der Waals surface area (Å²) >= 11 is 0. The third-order valence-electron chi connectivity index (χ3n) is 4.41. The smallest absolute Gasteiger partial charge is 0.315 e. The van der Waals surface area contributed by atoms with Crippen LogP contribution < -0.4 is 29.6 Å². The van der Waals surface area contributed by atoms with E-state index in [4.69, 9.17) is 18.9 Å². The van der Waals surface area contributed by atoms with Crippen LogP contribution in [0.2, 0.25) is 0 Å². The molecular formula is C21H28N2O5. The molecule has 0 aromatic heterocycles. The molecule has 0 fully saturated rings. The highest BCUT2D eigenvalue weighted by Crippen LogP contribution is 2.39. The van der Waals surface area contributed by atoms with Crippen molar-refractivity contribution in [3.05, 3.63) is 47.5 Å². The Labute approximate surface area is 165 Å². The molecule has 7 nitrogen and oxygen atoms in total. The molecule has 1 atom stereocenters. The molecule has 0 radical (unpaired) electrons. The molecule has 2 aromatic carbocycles. The maximum Gasteiger partial charge on any atom is 0.315 e. The molecule has 7 heteroatoms. The van der Waals surface area contributed by atoms with Crippen LogP contribution in [0.25, 0.3) is 0 Å². The minimum atomic E-state index is -0.254. The molecule has 0 saturated carbocycles. The zero-order valence-electron chi connectivity index (χ0n) is 17.0. The lowest BCUT2D eigenvalue weighted by molar-refractivity contribution is 0.238. The number of hydrogen-bond acceptors (Lipinski definition) is 5. The fourth-order valence-electron chi connectivity index (χ4n) is 2.90. The summed E-state index contributed by atoms with van der Waals surface area (Å²) in [5, 5.41) is 5.79. The van der Waals surface area contributed by atoms with Crippen molar-refractivity contribution in [2.75, 3.05) is 35.0 Å². The first kappa shape index (κ1) is 21.2. The van der Waals surface area contributed by atoms with Crippen molar-refractivity contribution < 1.29 is 23.7 Å². The highest BCUT2D eigenvalue weighted by atomic mass is 16.5. The molecule has 2 amide bonds. The van der Waals surface area contributed by atoms with Crippen molar-refractivity contribution in [2.24, 2.45) is 0 Å². The predicted octanol–water partition coefficient (Wildman–Crippen LogP) is 3.32. The van der Waals surface area contributed by atoms with Crippen molar-refractivity contribution in [3.63, 3.8) is 0 Å². The van der Waals surface area contributed by atoms with Gasteiger partial charge >= 0.3 is 6.03 Å². The van der Waals surface area contributed by atoms with E-state index in [1.807, 2.05) is 43.3 Å². The number of para-hydroxylation sites is 1. The average Bonchev–Trinajstić information content (AvgIpc) is 2.72. The zero-order chi connectivity index (χ0) is 20.5. The van der Waals surface area contributed by atoms with Crippen LogP contribution in [0.15, 0.2) is 36.4 Å². The molecule has 0 aliphatic heterocycles. The Kier molecular flexibility index (Phi) is 7.80. The van der Waals surface area contributed by atoms with Gasteiger partial charge in [0.15, 0.2) is 11.5 Å². The van der Waals surface area contributed by atoms with E-state index in [9.17, 15) is 4.79 Å². The second-order valence-electron chi connectivity index (χ2n) is 6.14. The number of rotatable bonds is 9. The van der Waals surface area contributed by atoms with Crippen molar-refractivity contribution in [3.8, 4) is 23.0 Å². The average molecular weight is 388 g/mol. The van der Waals surface area contributed by atoms with Gasteiger partial charge in [0.2, 0.25) is 5.75 Å². The number of nitrogens with one attached hydrogen (secondary N) is 2. The summed E-state index contributed by atoms with van der Waals surface area (Å²) in [6, 6.07) is 10.9. The molecule has 0 spiro atoms. The third kappa shape index (κ3) is 5.22. The normalized spacial score (nSPS) is 11.3. The number of hydrogen-bond donors (Lipinski definition) is 2. The Hall–Kier alpha value is -3.09. The minimum Gasteiger partial charge on any atom is -0.496 e. The van der Waals surface area contributed by atoms with Crippen molar-refractivity contribution >= 4 is 6.03 Å². The summed E-state index contributed by atoms with van der Waals surface area (Å²) in [7, 11) is 6.31. The van der Waals surface area contributed by atoms with Crippen LogP contribution in [0.5, 0.6) is 23.0 Å². The van der Waals surface area contributed by atoms with Gasteiger partial charge in [-0.05, 0) is 42.7 Å². The number of carbonyl (C=O) groups excluding carboxylic acids is 1. The Bertz CT molecular complexity index is 769. The Morgan fingerprint density at radius 3 is 2.11 bits per heavy atom. The van der Waals surface area contributed by atoms with Crippen LogP contribution in [-0.4, -0.2) is 41.0 Å². The minimum absolute atomic E-state index is 0.250. The molecule has 0 bridgehead atoms. The lowest BCUT2D eigenvalue weighted by atomic mass is 10.1. The van der Waals surface area contributed by atoms with Crippen LogP contribution in [0.4, 0.5) is 4.79 Å². The molecule has 0 heterocycles. The quantitative estimate of drug-likeness (QED) is 0.689. The lowest BCUT2D eigenvalue weighted by Crippen LogP contribution is -2.38. The number of urea groups is 1. The second kappa shape index (κ2) is 10.3. The number of amides is 2. The Morgan fingerprint density at radius 1 is 0.929 bits per heavy atom. The van der Waals surface area contributed by atoms with Crippen LogP contribution >= 0.6 is 0 Å². The highest BCUT2D eigenvalue weighted by molar-refractivity contribution is 5.74. The SMILES string of the molecule is COc1ccccc1CCNC(=O)NC(C)c1cc(OC)c(OC)c(OC)c1. The van der Waals surface area contributed by atoms with Crippen molar-refractivity contribution in [2.45, 2.75) is 19.4 Å². The Balaban J connectivity index is 1.96. The molecule has 0 aliphatic rings. The third-order valence-corrected chi connectivity index (χ3v) is 4.41. The van der Waals surface area contributed by atoms with E-state index in [0.717, 1.165) is 16.9 Å². The molecule has 152 valence electrons. The van der Waals surface area contributed by atoms with Crippen LogP contribution in [-0.2, 0) is 6.42 Å². The van der Waals surface area contributed by atoms with Crippen molar-refractivity contribution in [1.29, 1.82) is 0 Å². The van der Waals surface area contributed by atoms with E-state index in [2.05, 4.69) is 10.6 Å². The van der Waals surface area contributed by atoms with Gasteiger partial charge in [-0.25, -0.2) is 4.79 Å². The molecule has 0 saturated heterocycles. The van der Waals surface area contributed by atoms with E-state index < -0.39 is 0 Å². The van der Waals surface area contributed by atoms with Gasteiger partial charge in [-0.3, -0.25) is 0 Å². The standard InChI is InChI=1S/C21H28N2O5/c1-14(16-12-18(26-3)20(28-5)19(13-16)27-4)23-21(24)22-11-10-15-8-6-7-9-17(15)25-2/h6-9,12-14H,10-11H2,1-5H3,(H2,22,23,24). The van der Waals surface area contributed by atoms with Gasteiger partial charge in [-0.15, -0.1) is 0 Å². The van der Waals surface area contributed by atoms with Gasteiger partial charge in [0.1, 0.15) is 5.75 Å². The number of carbonyl (C=O) groups is 1. The Morgan fingerprint density at radius 2 is 1.54 bits per heavy atom. The summed E-state index contributed by atoms with van der Waals surface area (Å²) < 4.78 is 21.4. The van der Waals surface area contributed by atoms with E-state index in [1.165, 1.54) is 0 Å². The number of methoxy groups -OCH3 is 4. The fourth-order valence-corrected chi connectivity index (χ4v) is 2.90. The second-order valence-corrected chi connectivity index (χ2v) is 6.14.